The molecule has 10 heteroatoms. The van der Waals surface area contributed by atoms with Gasteiger partial charge in [0, 0.05) is 23.5 Å². The lowest BCUT2D eigenvalue weighted by Gasteiger charge is -2.07. The van der Waals surface area contributed by atoms with Gasteiger partial charge < -0.3 is 10.1 Å². The highest BCUT2D eigenvalue weighted by molar-refractivity contribution is 7.85. The topological polar surface area (TPSA) is 128 Å². The predicted octanol–water partition coefficient (Wildman–Crippen LogP) is 1.25. The molecule has 0 radical (unpaired) electrons. The van der Waals surface area contributed by atoms with Crippen molar-refractivity contribution >= 4 is 27.6 Å². The molecule has 0 saturated carbocycles. The van der Waals surface area contributed by atoms with Crippen molar-refractivity contribution in [2.75, 3.05) is 6.26 Å². The van der Waals surface area contributed by atoms with Crippen molar-refractivity contribution in [2.45, 2.75) is 6.92 Å². The lowest BCUT2D eigenvalue weighted by Crippen LogP contribution is -2.37. The first-order valence-corrected chi connectivity index (χ1v) is 9.63. The molecule has 1 amide bonds. The quantitative estimate of drug-likeness (QED) is 0.394. The summed E-state index contributed by atoms with van der Waals surface area (Å²) in [6.45, 7) is 1.90. The number of hydrogen-bond donors (Lipinski definition) is 2. The molecule has 1 aromatic carbocycles. The van der Waals surface area contributed by atoms with Crippen molar-refractivity contribution in [3.8, 4) is 11.1 Å². The number of guanidine groups is 1. The Morgan fingerprint density at radius 2 is 2.07 bits per heavy atom. The summed E-state index contributed by atoms with van der Waals surface area (Å²) in [5.74, 6) is -1.02. The summed E-state index contributed by atoms with van der Waals surface area (Å²) in [5.41, 5.74) is 9.09. The van der Waals surface area contributed by atoms with Gasteiger partial charge in [-0.3, -0.25) is 14.4 Å². The van der Waals surface area contributed by atoms with Crippen LogP contribution in [-0.4, -0.2) is 35.9 Å². The molecule has 0 atom stereocenters. The van der Waals surface area contributed by atoms with E-state index in [0.717, 1.165) is 28.7 Å². The molecule has 2 heterocycles. The number of aromatic nitrogens is 2. The van der Waals surface area contributed by atoms with E-state index in [4.69, 9.17) is 5.73 Å². The molecule has 0 saturated heterocycles. The van der Waals surface area contributed by atoms with Crippen molar-refractivity contribution in [1.82, 2.24) is 14.7 Å². The number of benzene rings is 1. The third-order valence-corrected chi connectivity index (χ3v) is 3.90. The maximum Gasteiger partial charge on any atom is 0.325 e. The number of rotatable bonds is 4. The minimum Gasteiger partial charge on any atom is -0.367 e. The molecule has 0 bridgehead atoms. The van der Waals surface area contributed by atoms with Crippen LogP contribution in [0.3, 0.4) is 0 Å². The molecule has 3 N–H and O–H groups in total. The average molecular weight is 387 g/mol. The molecule has 27 heavy (non-hydrogen) atoms. The van der Waals surface area contributed by atoms with E-state index in [9.17, 15) is 13.2 Å². The number of nitrogens with zero attached hydrogens (tertiary/aromatic N) is 3. The Morgan fingerprint density at radius 3 is 2.81 bits per heavy atom. The van der Waals surface area contributed by atoms with Crippen molar-refractivity contribution in [2.24, 2.45) is 10.9 Å². The fourth-order valence-corrected chi connectivity index (χ4v) is 2.72. The van der Waals surface area contributed by atoms with Crippen molar-refractivity contribution in [1.29, 1.82) is 0 Å². The standard InChI is InChI=1S/C17H17N5O4S/c1-11-10-22-8-4-7-14(15(22)19-11)12-5-3-6-13(9-12)16(23)20-17(18)21-26-27(2,24)25/h3-10H,1-2H3,(H3,18,20,21,23). The Bertz CT molecular complexity index is 1150. The highest BCUT2D eigenvalue weighted by Gasteiger charge is 2.12. The number of carbonyl (C=O) groups is 1. The molecule has 0 aliphatic rings. The molecule has 3 rings (SSSR count). The molecular formula is C17H17N5O4S. The van der Waals surface area contributed by atoms with E-state index in [1.807, 2.05) is 41.9 Å². The SMILES string of the molecule is Cc1cn2cccc(-c3cccc(C(=O)NC(N)=NOS(C)(=O)=O)c3)c2n1. The number of carbonyl (C=O) groups excluding carboxylic acids is 1. The van der Waals surface area contributed by atoms with Gasteiger partial charge in [-0.15, -0.1) is 0 Å². The number of fused-ring (bicyclic) bond motifs is 1. The summed E-state index contributed by atoms with van der Waals surface area (Å²) in [7, 11) is -3.81. The predicted molar refractivity (Wildman–Crippen MR) is 100 cm³/mol. The fraction of sp³-hybridized carbons (Fsp3) is 0.118. The Hall–Kier alpha value is -3.40. The van der Waals surface area contributed by atoms with Gasteiger partial charge in [0.15, 0.2) is 0 Å². The first kappa shape index (κ1) is 18.4. The van der Waals surface area contributed by atoms with Crippen LogP contribution in [0.2, 0.25) is 0 Å². The van der Waals surface area contributed by atoms with Crippen LogP contribution in [0.1, 0.15) is 16.1 Å². The van der Waals surface area contributed by atoms with Crippen LogP contribution >= 0.6 is 0 Å². The van der Waals surface area contributed by atoms with Crippen molar-refractivity contribution in [3.05, 3.63) is 60.0 Å². The van der Waals surface area contributed by atoms with E-state index >= 15 is 0 Å². The van der Waals surface area contributed by atoms with Gasteiger partial charge in [0.25, 0.3) is 5.91 Å². The third kappa shape index (κ3) is 4.42. The highest BCUT2D eigenvalue weighted by atomic mass is 32.2. The average Bonchev–Trinajstić information content (AvgIpc) is 2.99. The zero-order valence-electron chi connectivity index (χ0n) is 14.6. The number of oxime groups is 1. The number of aryl methyl sites for hydroxylation is 1. The molecule has 0 unspecified atom stereocenters. The summed E-state index contributed by atoms with van der Waals surface area (Å²) in [4.78, 5) is 16.8. The number of nitrogens with two attached hydrogens (primary N) is 1. The fourth-order valence-electron chi connectivity index (χ4n) is 2.51. The summed E-state index contributed by atoms with van der Waals surface area (Å²) >= 11 is 0. The summed E-state index contributed by atoms with van der Waals surface area (Å²) in [6, 6.07) is 10.7. The maximum atomic E-state index is 12.3. The molecule has 9 nitrogen and oxygen atoms in total. The largest absolute Gasteiger partial charge is 0.367 e. The summed E-state index contributed by atoms with van der Waals surface area (Å²) in [5, 5.41) is 5.41. The normalized spacial score (nSPS) is 12.1. The van der Waals surface area contributed by atoms with Crippen LogP contribution in [0, 0.1) is 6.92 Å². The van der Waals surface area contributed by atoms with Gasteiger partial charge in [0.05, 0.1) is 11.9 Å². The second-order valence-electron chi connectivity index (χ2n) is 5.83. The summed E-state index contributed by atoms with van der Waals surface area (Å²) < 4.78 is 27.9. The smallest absolute Gasteiger partial charge is 0.325 e. The molecule has 3 aromatic rings. The number of hydrogen-bond acceptors (Lipinski definition) is 6. The Kier molecular flexibility index (Phi) is 4.82. The summed E-state index contributed by atoms with van der Waals surface area (Å²) in [6.07, 6.45) is 4.62. The molecule has 0 aliphatic heterocycles. The van der Waals surface area contributed by atoms with E-state index in [2.05, 4.69) is 19.7 Å². The van der Waals surface area contributed by atoms with Crippen LogP contribution in [0.5, 0.6) is 0 Å². The Balaban J connectivity index is 1.88. The van der Waals surface area contributed by atoms with Crippen molar-refractivity contribution < 1.29 is 17.5 Å². The van der Waals surface area contributed by atoms with E-state index in [1.165, 1.54) is 0 Å². The van der Waals surface area contributed by atoms with E-state index in [1.54, 1.807) is 18.2 Å². The monoisotopic (exact) mass is 387 g/mol. The first-order chi connectivity index (χ1) is 12.7. The third-order valence-electron chi connectivity index (χ3n) is 3.55. The minimum atomic E-state index is -3.81. The van der Waals surface area contributed by atoms with Crippen molar-refractivity contribution in [3.63, 3.8) is 0 Å². The Morgan fingerprint density at radius 1 is 1.30 bits per heavy atom. The molecule has 140 valence electrons. The molecule has 0 spiro atoms. The lowest BCUT2D eigenvalue weighted by atomic mass is 10.0. The first-order valence-electron chi connectivity index (χ1n) is 7.81. The van der Waals surface area contributed by atoms with Gasteiger partial charge in [-0.05, 0) is 41.9 Å². The van der Waals surface area contributed by atoms with Crippen LogP contribution in [0.15, 0.2) is 53.9 Å². The van der Waals surface area contributed by atoms with Gasteiger partial charge in [0.1, 0.15) is 5.65 Å². The molecule has 2 aromatic heterocycles. The second-order valence-corrected chi connectivity index (χ2v) is 7.38. The van der Waals surface area contributed by atoms with Gasteiger partial charge in [-0.1, -0.05) is 12.1 Å². The minimum absolute atomic E-state index is 0.315. The molecule has 0 fully saturated rings. The molecule has 0 aliphatic carbocycles. The van der Waals surface area contributed by atoms with Crippen LogP contribution in [0.25, 0.3) is 16.8 Å². The zero-order valence-corrected chi connectivity index (χ0v) is 15.4. The molecular weight excluding hydrogens is 370 g/mol. The van der Waals surface area contributed by atoms with Crippen LogP contribution < -0.4 is 11.1 Å². The maximum absolute atomic E-state index is 12.3. The van der Waals surface area contributed by atoms with Crippen LogP contribution in [0.4, 0.5) is 0 Å². The zero-order chi connectivity index (χ0) is 19.6. The highest BCUT2D eigenvalue weighted by Crippen LogP contribution is 2.25. The van der Waals surface area contributed by atoms with Gasteiger partial charge >= 0.3 is 10.1 Å². The van der Waals surface area contributed by atoms with E-state index < -0.39 is 22.0 Å². The number of nitrogens with one attached hydrogen (secondary N) is 1. The van der Waals surface area contributed by atoms with E-state index in [0.29, 0.717) is 5.56 Å². The lowest BCUT2D eigenvalue weighted by molar-refractivity contribution is 0.0975. The van der Waals surface area contributed by atoms with Gasteiger partial charge in [0.2, 0.25) is 5.96 Å². The number of amides is 1. The van der Waals surface area contributed by atoms with E-state index in [-0.39, 0.29) is 0 Å². The number of pyridine rings is 1. The van der Waals surface area contributed by atoms with Crippen LogP contribution in [-0.2, 0) is 14.4 Å². The number of imidazole rings is 1. The van der Waals surface area contributed by atoms with Gasteiger partial charge in [-0.2, -0.15) is 8.42 Å². The van der Waals surface area contributed by atoms with Gasteiger partial charge in [-0.25, -0.2) is 4.98 Å². The Labute approximate surface area is 155 Å². The second kappa shape index (κ2) is 7.08.